The van der Waals surface area contributed by atoms with E-state index < -0.39 is 23.5 Å². The van der Waals surface area contributed by atoms with Gasteiger partial charge in [-0.05, 0) is 42.8 Å². The summed E-state index contributed by atoms with van der Waals surface area (Å²) >= 11 is 6.30. The second-order valence-corrected chi connectivity index (χ2v) is 8.10. The quantitative estimate of drug-likeness (QED) is 0.270. The lowest BCUT2D eigenvalue weighted by Crippen LogP contribution is -2.29. The average Bonchev–Trinajstić information content (AvgIpc) is 3.15. The van der Waals surface area contributed by atoms with Gasteiger partial charge in [-0.25, -0.2) is 0 Å². The molecule has 0 aromatic heterocycles. The van der Waals surface area contributed by atoms with Crippen molar-refractivity contribution in [1.82, 2.24) is 0 Å². The highest BCUT2D eigenvalue weighted by Gasteiger charge is 2.47. The van der Waals surface area contributed by atoms with Gasteiger partial charge in [0.2, 0.25) is 0 Å². The fourth-order valence-corrected chi connectivity index (χ4v) is 4.35. The standard InChI is InChI=1S/C27H24ClNO6/c1-4-35-18-12-10-17(11-13-18)29-24(16-8-6-5-7-9-16)23(26(31)27(29)32)25(30)19-14-20(28)22(34-3)15-21(19)33-2/h5-15,24,30H,4H2,1-3H3/b25-23+. The van der Waals surface area contributed by atoms with Crippen LogP contribution in [-0.4, -0.2) is 37.6 Å². The van der Waals surface area contributed by atoms with Crippen LogP contribution in [-0.2, 0) is 9.59 Å². The van der Waals surface area contributed by atoms with Gasteiger partial charge in [-0.1, -0.05) is 41.9 Å². The number of aliphatic hydroxyl groups is 1. The molecule has 0 radical (unpaired) electrons. The Morgan fingerprint density at radius 1 is 0.971 bits per heavy atom. The van der Waals surface area contributed by atoms with Crippen LogP contribution in [0.5, 0.6) is 17.2 Å². The summed E-state index contributed by atoms with van der Waals surface area (Å²) in [7, 11) is 2.88. The molecule has 1 N–H and O–H groups in total. The Morgan fingerprint density at radius 3 is 2.23 bits per heavy atom. The molecule has 1 amide bonds. The number of methoxy groups -OCH3 is 2. The highest BCUT2D eigenvalue weighted by atomic mass is 35.5. The topological polar surface area (TPSA) is 85.3 Å². The maximum absolute atomic E-state index is 13.3. The molecule has 0 bridgehead atoms. The second kappa shape index (κ2) is 10.1. The van der Waals surface area contributed by atoms with E-state index in [1.165, 1.54) is 31.3 Å². The first-order chi connectivity index (χ1) is 16.9. The normalized spacial score (nSPS) is 16.9. The van der Waals surface area contributed by atoms with Crippen molar-refractivity contribution < 1.29 is 28.9 Å². The second-order valence-electron chi connectivity index (χ2n) is 7.69. The molecule has 35 heavy (non-hydrogen) atoms. The van der Waals surface area contributed by atoms with E-state index in [1.54, 1.807) is 48.5 Å². The van der Waals surface area contributed by atoms with Crippen molar-refractivity contribution >= 4 is 34.7 Å². The molecule has 0 aliphatic carbocycles. The minimum absolute atomic E-state index is 0.0744. The number of carbonyl (C=O) groups is 2. The maximum atomic E-state index is 13.3. The Bertz CT molecular complexity index is 1290. The van der Waals surface area contributed by atoms with Gasteiger partial charge in [0.1, 0.15) is 23.0 Å². The molecule has 7 nitrogen and oxygen atoms in total. The molecule has 1 atom stereocenters. The van der Waals surface area contributed by atoms with Gasteiger partial charge in [-0.2, -0.15) is 0 Å². The van der Waals surface area contributed by atoms with Crippen molar-refractivity contribution in [3.05, 3.63) is 88.5 Å². The van der Waals surface area contributed by atoms with Gasteiger partial charge in [-0.15, -0.1) is 0 Å². The predicted octanol–water partition coefficient (Wildman–Crippen LogP) is 5.38. The molecule has 0 spiro atoms. The number of halogens is 1. The number of carbonyl (C=O) groups excluding carboxylic acids is 2. The van der Waals surface area contributed by atoms with Crippen LogP contribution in [0.2, 0.25) is 5.02 Å². The van der Waals surface area contributed by atoms with Crippen molar-refractivity contribution in [2.24, 2.45) is 0 Å². The molecule has 8 heteroatoms. The minimum atomic E-state index is -0.875. The van der Waals surface area contributed by atoms with Crippen molar-refractivity contribution in [1.29, 1.82) is 0 Å². The SMILES string of the molecule is CCOc1ccc(N2C(=O)C(=O)/C(=C(/O)c3cc(Cl)c(OC)cc3OC)C2c2ccccc2)cc1. The number of hydrogen-bond acceptors (Lipinski definition) is 6. The summed E-state index contributed by atoms with van der Waals surface area (Å²) in [5.41, 5.74) is 1.24. The lowest BCUT2D eigenvalue weighted by molar-refractivity contribution is -0.132. The van der Waals surface area contributed by atoms with Crippen LogP contribution in [0.1, 0.15) is 24.1 Å². The van der Waals surface area contributed by atoms with Crippen molar-refractivity contribution in [2.75, 3.05) is 25.7 Å². The predicted molar refractivity (Wildman–Crippen MR) is 133 cm³/mol. The number of aliphatic hydroxyl groups excluding tert-OH is 1. The molecule has 1 heterocycles. The molecule has 3 aromatic carbocycles. The van der Waals surface area contributed by atoms with Crippen LogP contribution in [0.3, 0.4) is 0 Å². The number of ketones is 1. The first kappa shape index (κ1) is 24.2. The lowest BCUT2D eigenvalue weighted by Gasteiger charge is -2.25. The Kier molecular flexibility index (Phi) is 6.98. The van der Waals surface area contributed by atoms with Gasteiger partial charge in [0.15, 0.2) is 0 Å². The van der Waals surface area contributed by atoms with Crippen molar-refractivity contribution in [2.45, 2.75) is 13.0 Å². The Morgan fingerprint density at radius 2 is 1.63 bits per heavy atom. The number of hydrogen-bond donors (Lipinski definition) is 1. The van der Waals surface area contributed by atoms with E-state index in [0.29, 0.717) is 29.4 Å². The zero-order chi connectivity index (χ0) is 25.1. The van der Waals surface area contributed by atoms with Crippen molar-refractivity contribution in [3.8, 4) is 17.2 Å². The third-order valence-corrected chi connectivity index (χ3v) is 6.01. The maximum Gasteiger partial charge on any atom is 0.300 e. The minimum Gasteiger partial charge on any atom is -0.507 e. The zero-order valence-electron chi connectivity index (χ0n) is 19.4. The zero-order valence-corrected chi connectivity index (χ0v) is 20.2. The van der Waals surface area contributed by atoms with Crippen LogP contribution >= 0.6 is 11.6 Å². The summed E-state index contributed by atoms with van der Waals surface area (Å²) in [6.07, 6.45) is 0. The van der Waals surface area contributed by atoms with Crippen LogP contribution in [0.15, 0.2) is 72.3 Å². The molecule has 1 aliphatic rings. The number of Topliss-reactive ketones (excluding diaryl/α,β-unsaturated/α-hetero) is 1. The summed E-state index contributed by atoms with van der Waals surface area (Å²) < 4.78 is 16.1. The fraction of sp³-hybridized carbons (Fsp3) is 0.185. The van der Waals surface area contributed by atoms with E-state index >= 15 is 0 Å². The van der Waals surface area contributed by atoms with E-state index in [9.17, 15) is 14.7 Å². The summed E-state index contributed by atoms with van der Waals surface area (Å²) in [5, 5.41) is 11.6. The Balaban J connectivity index is 1.92. The summed E-state index contributed by atoms with van der Waals surface area (Å²) in [4.78, 5) is 28.0. The third-order valence-electron chi connectivity index (χ3n) is 5.71. The van der Waals surface area contributed by atoms with Gasteiger partial charge in [0, 0.05) is 11.8 Å². The van der Waals surface area contributed by atoms with E-state index in [4.69, 9.17) is 25.8 Å². The van der Waals surface area contributed by atoms with Gasteiger partial charge < -0.3 is 19.3 Å². The fourth-order valence-electron chi connectivity index (χ4n) is 4.11. The molecule has 1 fully saturated rings. The highest BCUT2D eigenvalue weighted by Crippen LogP contribution is 2.44. The molecule has 4 rings (SSSR count). The first-order valence-corrected chi connectivity index (χ1v) is 11.3. The molecular formula is C27H24ClNO6. The van der Waals surface area contributed by atoms with Gasteiger partial charge in [-0.3, -0.25) is 14.5 Å². The molecule has 1 saturated heterocycles. The molecule has 0 saturated carbocycles. The third kappa shape index (κ3) is 4.42. The molecule has 180 valence electrons. The number of rotatable bonds is 7. The van der Waals surface area contributed by atoms with Gasteiger partial charge in [0.05, 0.1) is 43.0 Å². The molecule has 3 aromatic rings. The molecule has 1 aliphatic heterocycles. The van der Waals surface area contributed by atoms with E-state index in [0.717, 1.165) is 0 Å². The lowest BCUT2D eigenvalue weighted by atomic mass is 9.94. The average molecular weight is 494 g/mol. The van der Waals surface area contributed by atoms with Crippen LogP contribution in [0.25, 0.3) is 5.76 Å². The highest BCUT2D eigenvalue weighted by molar-refractivity contribution is 6.51. The number of amides is 1. The molecule has 1 unspecified atom stereocenters. The Labute approximate surface area is 208 Å². The van der Waals surface area contributed by atoms with Crippen LogP contribution in [0, 0.1) is 0 Å². The largest absolute Gasteiger partial charge is 0.507 e. The van der Waals surface area contributed by atoms with Crippen molar-refractivity contribution in [3.63, 3.8) is 0 Å². The molecular weight excluding hydrogens is 470 g/mol. The first-order valence-electron chi connectivity index (χ1n) is 10.9. The van der Waals surface area contributed by atoms with Crippen LogP contribution < -0.4 is 19.1 Å². The summed E-state index contributed by atoms with van der Waals surface area (Å²) in [6, 6.07) is 18.0. The Hall–Kier alpha value is -3.97. The number of benzene rings is 3. The van der Waals surface area contributed by atoms with Gasteiger partial charge >= 0.3 is 0 Å². The summed E-state index contributed by atoms with van der Waals surface area (Å²) in [5.74, 6) is -0.756. The van der Waals surface area contributed by atoms with Gasteiger partial charge in [0.25, 0.3) is 11.7 Å². The van der Waals surface area contributed by atoms with E-state index in [1.807, 2.05) is 13.0 Å². The van der Waals surface area contributed by atoms with E-state index in [2.05, 4.69) is 0 Å². The monoisotopic (exact) mass is 493 g/mol. The van der Waals surface area contributed by atoms with E-state index in [-0.39, 0.29) is 21.9 Å². The van der Waals surface area contributed by atoms with Crippen LogP contribution in [0.4, 0.5) is 5.69 Å². The number of anilines is 1. The number of nitrogens with zero attached hydrogens (tertiary/aromatic N) is 1. The smallest absolute Gasteiger partial charge is 0.300 e. The summed E-state index contributed by atoms with van der Waals surface area (Å²) in [6.45, 7) is 2.38. The number of ether oxygens (including phenoxy) is 3.